The molecule has 0 radical (unpaired) electrons. The van der Waals surface area contributed by atoms with Crippen LogP contribution in [0, 0.1) is 11.8 Å². The van der Waals surface area contributed by atoms with Crippen LogP contribution in [0.15, 0.2) is 35.4 Å². The molecule has 316 valence electrons. The summed E-state index contributed by atoms with van der Waals surface area (Å²) in [5.41, 5.74) is -1.75. The Morgan fingerprint density at radius 2 is 1.53 bits per heavy atom. The van der Waals surface area contributed by atoms with E-state index in [9.17, 15) is 42.3 Å². The van der Waals surface area contributed by atoms with Crippen molar-refractivity contribution in [3.63, 3.8) is 0 Å². The number of ketones is 1. The minimum Gasteiger partial charge on any atom is -0.380 e. The summed E-state index contributed by atoms with van der Waals surface area (Å²) in [6, 6.07) is 1.25. The predicted molar refractivity (Wildman–Crippen MR) is 203 cm³/mol. The van der Waals surface area contributed by atoms with E-state index in [1.54, 1.807) is 13.8 Å². The Balaban J connectivity index is 1.56. The fraction of sp³-hybridized carbons (Fsp3) is 0.611. The molecule has 0 saturated carbocycles. The third-order valence-corrected chi connectivity index (χ3v) is 9.97. The molecule has 2 heterocycles. The highest BCUT2D eigenvalue weighted by Gasteiger charge is 2.39. The van der Waals surface area contributed by atoms with Crippen molar-refractivity contribution in [2.75, 3.05) is 46.0 Å². The molecule has 1 aromatic carbocycles. The van der Waals surface area contributed by atoms with Gasteiger partial charge >= 0.3 is 0 Å². The van der Waals surface area contributed by atoms with Gasteiger partial charge < -0.3 is 36.4 Å². The van der Waals surface area contributed by atoms with Crippen molar-refractivity contribution >= 4 is 45.4 Å². The van der Waals surface area contributed by atoms with Gasteiger partial charge in [-0.2, -0.15) is 8.42 Å². The molecular weight excluding hydrogens is 767 g/mol. The van der Waals surface area contributed by atoms with E-state index >= 15 is 0 Å². The molecule has 2 aromatic rings. The van der Waals surface area contributed by atoms with E-state index in [1.165, 1.54) is 25.3 Å². The van der Waals surface area contributed by atoms with Gasteiger partial charge in [-0.15, -0.1) is 5.10 Å². The van der Waals surface area contributed by atoms with Gasteiger partial charge in [-0.05, 0) is 62.8 Å². The van der Waals surface area contributed by atoms with Crippen LogP contribution < -0.4 is 26.6 Å². The highest BCUT2D eigenvalue weighted by atomic mass is 32.2. The van der Waals surface area contributed by atoms with E-state index in [-0.39, 0.29) is 60.7 Å². The number of ether oxygens (including phenoxy) is 1. The number of rotatable bonds is 22. The van der Waals surface area contributed by atoms with Crippen molar-refractivity contribution in [1.82, 2.24) is 46.9 Å². The number of H-pyrrole nitrogens is 1. The Bertz CT molecular complexity index is 1780. The average molecular weight is 822 g/mol. The number of aromatic nitrogens is 3. The Morgan fingerprint density at radius 1 is 0.895 bits per heavy atom. The molecule has 0 aliphatic carbocycles. The molecule has 1 fully saturated rings. The van der Waals surface area contributed by atoms with Gasteiger partial charge in [0.25, 0.3) is 16.0 Å². The number of hydrogen-bond donors (Lipinski definition) is 7. The third-order valence-electron chi connectivity index (χ3n) is 8.70. The molecule has 4 atom stereocenters. The summed E-state index contributed by atoms with van der Waals surface area (Å²) < 4.78 is 36.3. The maximum Gasteiger partial charge on any atom is 0.297 e. The molecule has 20 nitrogen and oxygen atoms in total. The van der Waals surface area contributed by atoms with Crippen LogP contribution in [0.2, 0.25) is 0 Å². The van der Waals surface area contributed by atoms with Crippen molar-refractivity contribution < 1.29 is 51.2 Å². The molecule has 21 heteroatoms. The first-order valence-electron chi connectivity index (χ1n) is 18.6. The number of Topliss-reactive ketones (excluding diaryl/α,β-unsaturated/α-hetero) is 1. The minimum absolute atomic E-state index is 0.0373. The van der Waals surface area contributed by atoms with Crippen molar-refractivity contribution in [3.05, 3.63) is 41.7 Å². The molecular formula is C36H55N9O11S. The molecule has 1 aliphatic heterocycles. The van der Waals surface area contributed by atoms with E-state index in [0.717, 1.165) is 19.1 Å². The molecule has 1 saturated heterocycles. The van der Waals surface area contributed by atoms with Gasteiger partial charge in [-0.25, -0.2) is 0 Å². The van der Waals surface area contributed by atoms with E-state index in [4.69, 9.17) is 8.92 Å². The molecule has 3 rings (SSSR count). The minimum atomic E-state index is -4.51. The van der Waals surface area contributed by atoms with E-state index in [2.05, 4.69) is 42.0 Å². The van der Waals surface area contributed by atoms with Crippen LogP contribution in [0.3, 0.4) is 0 Å². The lowest BCUT2D eigenvalue weighted by molar-refractivity contribution is -0.143. The van der Waals surface area contributed by atoms with E-state index in [0.29, 0.717) is 32.0 Å². The maximum atomic E-state index is 13.6. The molecule has 0 bridgehead atoms. The number of nitrogens with zero attached hydrogens (tertiary/aromatic N) is 3. The predicted octanol–water partition coefficient (Wildman–Crippen LogP) is -1.22. The first kappa shape index (κ1) is 46.6. The summed E-state index contributed by atoms with van der Waals surface area (Å²) in [5, 5.41) is 33.8. The van der Waals surface area contributed by atoms with Crippen LogP contribution in [0.4, 0.5) is 0 Å². The lowest BCUT2D eigenvalue weighted by Crippen LogP contribution is -2.58. The van der Waals surface area contributed by atoms with Gasteiger partial charge in [0.2, 0.25) is 23.6 Å². The van der Waals surface area contributed by atoms with E-state index in [1.807, 2.05) is 18.7 Å². The van der Waals surface area contributed by atoms with Crippen LogP contribution in [0.25, 0.3) is 0 Å². The Hall–Kier alpha value is -4.83. The van der Waals surface area contributed by atoms with Crippen molar-refractivity contribution in [2.24, 2.45) is 11.8 Å². The Morgan fingerprint density at radius 3 is 2.12 bits per heavy atom. The standard InChI is InChI=1S/C36H55N9O11S/c1-22(2)15-28(32(48)36(6,52)21-56-57(53,54)27-9-7-25(8-10-27)34(50)38-17-26-18-39-44-43-26)42-33(49)24(5)40-35(51)29(16-23(3)4)41-30(46)19-37-31(47)20-45-11-13-55-14-12-45/h7-10,18,22-24,28-29,52H,11-17,19-21H2,1-6H3,(H,37,47)(H,38,50)(H,40,51)(H,41,46)(H,42,49)(H,39,43,44)/t24-,28-,29-,36?/m0/s1. The largest absolute Gasteiger partial charge is 0.380 e. The van der Waals surface area contributed by atoms with Crippen molar-refractivity contribution in [3.8, 4) is 0 Å². The lowest BCUT2D eigenvalue weighted by Gasteiger charge is -2.29. The molecule has 0 spiro atoms. The zero-order chi connectivity index (χ0) is 42.3. The topological polar surface area (TPSA) is 280 Å². The van der Waals surface area contributed by atoms with Gasteiger partial charge in [0.1, 0.15) is 30.0 Å². The second-order valence-electron chi connectivity index (χ2n) is 14.9. The Labute approximate surface area is 332 Å². The van der Waals surface area contributed by atoms with Crippen molar-refractivity contribution in [2.45, 2.75) is 89.6 Å². The highest BCUT2D eigenvalue weighted by Crippen LogP contribution is 2.20. The number of morpholine rings is 1. The van der Waals surface area contributed by atoms with Gasteiger partial charge in [-0.3, -0.25) is 42.9 Å². The first-order chi connectivity index (χ1) is 26.8. The van der Waals surface area contributed by atoms with Crippen LogP contribution in [-0.2, 0) is 49.6 Å². The van der Waals surface area contributed by atoms with Gasteiger partial charge in [0.05, 0.1) is 43.8 Å². The number of hydrogen-bond acceptors (Lipinski definition) is 14. The van der Waals surface area contributed by atoms with Gasteiger partial charge in [-0.1, -0.05) is 32.9 Å². The smallest absolute Gasteiger partial charge is 0.297 e. The molecule has 7 N–H and O–H groups in total. The molecule has 1 unspecified atom stereocenters. The summed E-state index contributed by atoms with van der Waals surface area (Å²) in [6.07, 6.45) is 1.78. The summed E-state index contributed by atoms with van der Waals surface area (Å²) >= 11 is 0. The summed E-state index contributed by atoms with van der Waals surface area (Å²) in [7, 11) is -4.51. The van der Waals surface area contributed by atoms with Crippen LogP contribution in [-0.4, -0.2) is 139 Å². The average Bonchev–Trinajstić information content (AvgIpc) is 3.68. The number of carbonyl (C=O) groups excluding carboxylic acids is 6. The first-order valence-corrected chi connectivity index (χ1v) is 20.0. The van der Waals surface area contributed by atoms with Crippen molar-refractivity contribution in [1.29, 1.82) is 0 Å². The summed E-state index contributed by atoms with van der Waals surface area (Å²) in [4.78, 5) is 79.3. The van der Waals surface area contributed by atoms with Crippen LogP contribution in [0.1, 0.15) is 70.4 Å². The zero-order valence-electron chi connectivity index (χ0n) is 33.1. The Kier molecular flexibility index (Phi) is 17.7. The zero-order valence-corrected chi connectivity index (χ0v) is 33.9. The number of nitrogens with one attached hydrogen (secondary N) is 6. The number of amides is 5. The number of aromatic amines is 1. The molecule has 57 heavy (non-hydrogen) atoms. The highest BCUT2D eigenvalue weighted by molar-refractivity contribution is 7.86. The lowest BCUT2D eigenvalue weighted by atomic mass is 9.90. The fourth-order valence-corrected chi connectivity index (χ4v) is 6.58. The molecule has 1 aliphatic rings. The SMILES string of the molecule is CC(C)C[C@H](NC(=O)CNC(=O)CN1CCOCC1)C(=O)N[C@@H](C)C(=O)N[C@@H](CC(C)C)C(=O)C(C)(O)COS(=O)(=O)c1ccc(C(=O)NCc2c[nH]nn2)cc1. The number of aliphatic hydroxyl groups is 1. The van der Waals surface area contributed by atoms with Gasteiger partial charge in [0.15, 0.2) is 5.78 Å². The maximum absolute atomic E-state index is 13.6. The normalized spacial score (nSPS) is 16.2. The second kappa shape index (κ2) is 21.6. The number of carbonyl (C=O) groups is 6. The van der Waals surface area contributed by atoms with Crippen LogP contribution in [0.5, 0.6) is 0 Å². The molecule has 5 amide bonds. The summed E-state index contributed by atoms with van der Waals surface area (Å²) in [5.74, 6) is -4.04. The van der Waals surface area contributed by atoms with E-state index < -0.39 is 69.9 Å². The summed E-state index contributed by atoms with van der Waals surface area (Å²) in [6.45, 7) is 10.7. The fourth-order valence-electron chi connectivity index (χ4n) is 5.59. The number of benzene rings is 1. The quantitative estimate of drug-likeness (QED) is 0.0686. The monoisotopic (exact) mass is 821 g/mol. The molecule has 1 aromatic heterocycles. The van der Waals surface area contributed by atoms with Crippen LogP contribution >= 0.6 is 0 Å². The third kappa shape index (κ3) is 15.6. The van der Waals surface area contributed by atoms with Gasteiger partial charge in [0, 0.05) is 24.8 Å². The second-order valence-corrected chi connectivity index (χ2v) is 16.5.